The molecule has 1 amide bonds. The van der Waals surface area contributed by atoms with Gasteiger partial charge in [-0.15, -0.1) is 0 Å². The van der Waals surface area contributed by atoms with Gasteiger partial charge >= 0.3 is 0 Å². The topological polar surface area (TPSA) is 88.3 Å². The van der Waals surface area contributed by atoms with E-state index in [1.807, 2.05) is 29.2 Å². The summed E-state index contributed by atoms with van der Waals surface area (Å²) in [6.45, 7) is 5.22. The third-order valence-electron chi connectivity index (χ3n) is 4.26. The van der Waals surface area contributed by atoms with Crippen molar-refractivity contribution in [1.29, 1.82) is 0 Å². The van der Waals surface area contributed by atoms with Gasteiger partial charge in [-0.2, -0.15) is 4.98 Å². The van der Waals surface area contributed by atoms with Gasteiger partial charge in [0.1, 0.15) is 5.69 Å². The van der Waals surface area contributed by atoms with Gasteiger partial charge in [-0.3, -0.25) is 14.7 Å². The molecule has 0 bridgehead atoms. The van der Waals surface area contributed by atoms with Crippen LogP contribution in [0.4, 0.5) is 0 Å². The Morgan fingerprint density at radius 3 is 2.60 bits per heavy atom. The Morgan fingerprint density at radius 1 is 1.12 bits per heavy atom. The molecule has 3 heterocycles. The molecule has 0 atom stereocenters. The number of piperazine rings is 1. The zero-order valence-corrected chi connectivity index (χ0v) is 13.9. The number of aromatic nitrogens is 4. The van der Waals surface area contributed by atoms with E-state index in [0.29, 0.717) is 37.0 Å². The minimum Gasteiger partial charge on any atom is -0.340 e. The number of carbonyl (C=O) groups excluding carboxylic acids is 1. The second kappa shape index (κ2) is 6.56. The molecule has 128 valence electrons. The SMILES string of the molecule is Cc1nc(CN2CCN(C(=O)c3cnc4ccccc4n3)CC2)no1. The van der Waals surface area contributed by atoms with Gasteiger partial charge < -0.3 is 9.42 Å². The van der Waals surface area contributed by atoms with Gasteiger partial charge in [-0.05, 0) is 12.1 Å². The predicted octanol–water partition coefficient (Wildman–Crippen LogP) is 1.28. The fourth-order valence-corrected chi connectivity index (χ4v) is 2.94. The molecule has 0 saturated carbocycles. The van der Waals surface area contributed by atoms with Gasteiger partial charge in [0.25, 0.3) is 5.91 Å². The van der Waals surface area contributed by atoms with Crippen LogP contribution in [0.2, 0.25) is 0 Å². The monoisotopic (exact) mass is 338 g/mol. The molecule has 0 N–H and O–H groups in total. The fraction of sp³-hybridized carbons (Fsp3) is 0.353. The molecule has 2 aromatic heterocycles. The molecule has 1 aliphatic rings. The Hall–Kier alpha value is -2.87. The van der Waals surface area contributed by atoms with E-state index in [1.54, 1.807) is 13.1 Å². The van der Waals surface area contributed by atoms with E-state index in [-0.39, 0.29) is 5.91 Å². The first-order valence-corrected chi connectivity index (χ1v) is 8.21. The van der Waals surface area contributed by atoms with Crippen molar-refractivity contribution >= 4 is 16.9 Å². The van der Waals surface area contributed by atoms with Crippen molar-refractivity contribution in [3.05, 3.63) is 47.9 Å². The normalized spacial score (nSPS) is 15.6. The van der Waals surface area contributed by atoms with Crippen LogP contribution < -0.4 is 0 Å². The third kappa shape index (κ3) is 3.34. The van der Waals surface area contributed by atoms with Crippen LogP contribution in [0.1, 0.15) is 22.2 Å². The van der Waals surface area contributed by atoms with Crippen molar-refractivity contribution in [1.82, 2.24) is 29.9 Å². The molecule has 0 unspecified atom stereocenters. The fourth-order valence-electron chi connectivity index (χ4n) is 2.94. The summed E-state index contributed by atoms with van der Waals surface area (Å²) in [5.41, 5.74) is 1.92. The second-order valence-electron chi connectivity index (χ2n) is 6.04. The largest absolute Gasteiger partial charge is 0.340 e. The smallest absolute Gasteiger partial charge is 0.274 e. The molecule has 0 radical (unpaired) electrons. The minimum absolute atomic E-state index is 0.0756. The molecule has 1 aliphatic heterocycles. The first-order chi connectivity index (χ1) is 12.2. The van der Waals surface area contributed by atoms with Gasteiger partial charge in [0, 0.05) is 33.1 Å². The number of nitrogens with zero attached hydrogens (tertiary/aromatic N) is 6. The highest BCUT2D eigenvalue weighted by Gasteiger charge is 2.24. The Bertz CT molecular complexity index is 901. The Labute approximate surface area is 144 Å². The van der Waals surface area contributed by atoms with Crippen LogP contribution in [0.5, 0.6) is 0 Å². The van der Waals surface area contributed by atoms with Gasteiger partial charge in [0.15, 0.2) is 5.82 Å². The summed E-state index contributed by atoms with van der Waals surface area (Å²) in [6.07, 6.45) is 1.55. The number of para-hydroxylation sites is 2. The first-order valence-electron chi connectivity index (χ1n) is 8.21. The predicted molar refractivity (Wildman–Crippen MR) is 89.8 cm³/mol. The summed E-state index contributed by atoms with van der Waals surface area (Å²) in [7, 11) is 0. The van der Waals surface area contributed by atoms with Crippen molar-refractivity contribution < 1.29 is 9.32 Å². The lowest BCUT2D eigenvalue weighted by Gasteiger charge is -2.33. The average Bonchev–Trinajstić information content (AvgIpc) is 3.06. The highest BCUT2D eigenvalue weighted by Crippen LogP contribution is 2.12. The summed E-state index contributed by atoms with van der Waals surface area (Å²) in [5, 5.41) is 3.91. The van der Waals surface area contributed by atoms with E-state index in [9.17, 15) is 4.79 Å². The molecule has 0 aliphatic carbocycles. The molecule has 4 rings (SSSR count). The number of rotatable bonds is 3. The van der Waals surface area contributed by atoms with Gasteiger partial charge in [0.05, 0.1) is 23.8 Å². The standard InChI is InChI=1S/C17H18N6O2/c1-12-19-16(21-25-12)11-22-6-8-23(9-7-22)17(24)15-10-18-13-4-2-3-5-14(13)20-15/h2-5,10H,6-9,11H2,1H3. The van der Waals surface area contributed by atoms with Crippen molar-refractivity contribution in [2.75, 3.05) is 26.2 Å². The lowest BCUT2D eigenvalue weighted by atomic mass is 10.2. The van der Waals surface area contributed by atoms with Gasteiger partial charge in [-0.25, -0.2) is 4.98 Å². The van der Waals surface area contributed by atoms with Crippen LogP contribution in [0.25, 0.3) is 11.0 Å². The molecule has 8 nitrogen and oxygen atoms in total. The molecule has 1 saturated heterocycles. The van der Waals surface area contributed by atoms with Crippen LogP contribution in [0.3, 0.4) is 0 Å². The van der Waals surface area contributed by atoms with Crippen molar-refractivity contribution in [3.8, 4) is 0 Å². The van der Waals surface area contributed by atoms with Gasteiger partial charge in [-0.1, -0.05) is 17.3 Å². The molecular weight excluding hydrogens is 320 g/mol. The Balaban J connectivity index is 1.40. The Kier molecular flexibility index (Phi) is 4.10. The van der Waals surface area contributed by atoms with E-state index < -0.39 is 0 Å². The summed E-state index contributed by atoms with van der Waals surface area (Å²) < 4.78 is 4.99. The van der Waals surface area contributed by atoms with Crippen molar-refractivity contribution in [2.24, 2.45) is 0 Å². The lowest BCUT2D eigenvalue weighted by molar-refractivity contribution is 0.0618. The van der Waals surface area contributed by atoms with Crippen LogP contribution in [-0.4, -0.2) is 62.0 Å². The maximum Gasteiger partial charge on any atom is 0.274 e. The first kappa shape index (κ1) is 15.6. The van der Waals surface area contributed by atoms with Crippen LogP contribution in [0.15, 0.2) is 35.0 Å². The maximum atomic E-state index is 12.7. The number of amides is 1. The summed E-state index contributed by atoms with van der Waals surface area (Å²) in [6, 6.07) is 7.55. The van der Waals surface area contributed by atoms with Crippen molar-refractivity contribution in [3.63, 3.8) is 0 Å². The molecule has 0 spiro atoms. The average molecular weight is 338 g/mol. The maximum absolute atomic E-state index is 12.7. The third-order valence-corrected chi connectivity index (χ3v) is 4.26. The quantitative estimate of drug-likeness (QED) is 0.711. The number of fused-ring (bicyclic) bond motifs is 1. The zero-order valence-electron chi connectivity index (χ0n) is 13.9. The van der Waals surface area contributed by atoms with E-state index in [2.05, 4.69) is 25.0 Å². The van der Waals surface area contributed by atoms with Crippen molar-refractivity contribution in [2.45, 2.75) is 13.5 Å². The minimum atomic E-state index is -0.0756. The number of carbonyl (C=O) groups is 1. The molecule has 25 heavy (non-hydrogen) atoms. The lowest BCUT2D eigenvalue weighted by Crippen LogP contribution is -2.48. The molecule has 8 heteroatoms. The zero-order chi connectivity index (χ0) is 17.2. The number of hydrogen-bond donors (Lipinski definition) is 0. The van der Waals surface area contributed by atoms with E-state index in [1.165, 1.54) is 0 Å². The summed E-state index contributed by atoms with van der Waals surface area (Å²) in [4.78, 5) is 29.7. The second-order valence-corrected chi connectivity index (χ2v) is 6.04. The molecule has 3 aromatic rings. The highest BCUT2D eigenvalue weighted by atomic mass is 16.5. The highest BCUT2D eigenvalue weighted by molar-refractivity contribution is 5.93. The number of hydrogen-bond acceptors (Lipinski definition) is 7. The summed E-state index contributed by atoms with van der Waals surface area (Å²) in [5.74, 6) is 1.17. The van der Waals surface area contributed by atoms with E-state index in [0.717, 1.165) is 24.1 Å². The van der Waals surface area contributed by atoms with E-state index >= 15 is 0 Å². The molecule has 1 fully saturated rings. The van der Waals surface area contributed by atoms with Crippen LogP contribution >= 0.6 is 0 Å². The Morgan fingerprint density at radius 2 is 1.88 bits per heavy atom. The summed E-state index contributed by atoms with van der Waals surface area (Å²) >= 11 is 0. The van der Waals surface area contributed by atoms with E-state index in [4.69, 9.17) is 4.52 Å². The van der Waals surface area contributed by atoms with Gasteiger partial charge in [0.2, 0.25) is 5.89 Å². The number of benzene rings is 1. The molecular formula is C17H18N6O2. The van der Waals surface area contributed by atoms with Crippen LogP contribution in [0, 0.1) is 6.92 Å². The van der Waals surface area contributed by atoms with Crippen LogP contribution in [-0.2, 0) is 6.54 Å². The number of aryl methyl sites for hydroxylation is 1. The molecule has 1 aromatic carbocycles.